The molecule has 4 aromatic rings. The molecule has 0 N–H and O–H groups in total. The molecule has 33 heavy (non-hydrogen) atoms. The Hall–Kier alpha value is -3.85. The van der Waals surface area contributed by atoms with Crippen LogP contribution >= 0.6 is 0 Å². The third kappa shape index (κ3) is 3.60. The number of anilines is 1. The summed E-state index contributed by atoms with van der Waals surface area (Å²) >= 11 is 0. The van der Waals surface area contributed by atoms with Gasteiger partial charge in [0, 0.05) is 29.8 Å². The molecule has 168 valence electrons. The highest BCUT2D eigenvalue weighted by molar-refractivity contribution is 7.92. The van der Waals surface area contributed by atoms with E-state index < -0.39 is 10.0 Å². The van der Waals surface area contributed by atoms with Crippen LogP contribution in [0.15, 0.2) is 82.7 Å². The molecule has 1 unspecified atom stereocenters. The fourth-order valence-corrected chi connectivity index (χ4v) is 5.54. The van der Waals surface area contributed by atoms with E-state index in [4.69, 9.17) is 13.9 Å². The van der Waals surface area contributed by atoms with Gasteiger partial charge in [-0.2, -0.15) is 0 Å². The molecule has 0 radical (unpaired) electrons. The number of hydrogen-bond acceptors (Lipinski definition) is 7. The first-order chi connectivity index (χ1) is 16.0. The minimum absolute atomic E-state index is 0.176. The number of hydrogen-bond donors (Lipinski definition) is 0. The SMILES string of the molecule is COc1ccc(C2CN(S(=O)(=O)c3ccc(-c4cnco4)cc3)c3ncccc32)cc1OC. The molecule has 5 rings (SSSR count). The fourth-order valence-electron chi connectivity index (χ4n) is 4.08. The van der Waals surface area contributed by atoms with Crippen molar-refractivity contribution in [2.45, 2.75) is 10.8 Å². The summed E-state index contributed by atoms with van der Waals surface area (Å²) in [6.07, 6.45) is 4.52. The second kappa shape index (κ2) is 8.25. The zero-order valence-corrected chi connectivity index (χ0v) is 18.8. The van der Waals surface area contributed by atoms with Crippen LogP contribution in [0.2, 0.25) is 0 Å². The second-order valence-electron chi connectivity index (χ2n) is 7.51. The van der Waals surface area contributed by atoms with Crippen LogP contribution < -0.4 is 13.8 Å². The number of methoxy groups -OCH3 is 2. The maximum atomic E-state index is 13.6. The Bertz CT molecular complexity index is 1390. The van der Waals surface area contributed by atoms with E-state index in [1.807, 2.05) is 30.3 Å². The molecule has 1 aliphatic heterocycles. The number of aromatic nitrogens is 2. The van der Waals surface area contributed by atoms with Crippen molar-refractivity contribution < 1.29 is 22.3 Å². The van der Waals surface area contributed by atoms with Gasteiger partial charge in [0.05, 0.1) is 25.3 Å². The third-order valence-corrected chi connectivity index (χ3v) is 7.52. The highest BCUT2D eigenvalue weighted by Gasteiger charge is 2.38. The summed E-state index contributed by atoms with van der Waals surface area (Å²) in [7, 11) is -0.686. The van der Waals surface area contributed by atoms with E-state index in [-0.39, 0.29) is 17.4 Å². The number of sulfonamides is 1. The lowest BCUT2D eigenvalue weighted by Gasteiger charge is -2.19. The van der Waals surface area contributed by atoms with Gasteiger partial charge in [0.25, 0.3) is 10.0 Å². The number of benzene rings is 2. The van der Waals surface area contributed by atoms with E-state index in [0.717, 1.165) is 16.7 Å². The normalized spacial score (nSPS) is 15.3. The van der Waals surface area contributed by atoms with Gasteiger partial charge in [0.1, 0.15) is 5.82 Å². The van der Waals surface area contributed by atoms with Gasteiger partial charge in [-0.1, -0.05) is 12.1 Å². The van der Waals surface area contributed by atoms with Crippen LogP contribution in [0, 0.1) is 0 Å². The Morgan fingerprint density at radius 3 is 2.52 bits per heavy atom. The van der Waals surface area contributed by atoms with E-state index in [1.165, 1.54) is 10.7 Å². The fraction of sp³-hybridized carbons (Fsp3) is 0.167. The lowest BCUT2D eigenvalue weighted by molar-refractivity contribution is 0.354. The van der Waals surface area contributed by atoms with Crippen LogP contribution in [0.5, 0.6) is 11.5 Å². The van der Waals surface area contributed by atoms with E-state index >= 15 is 0 Å². The molecule has 2 aromatic carbocycles. The first kappa shape index (κ1) is 21.0. The molecule has 1 atom stereocenters. The molecule has 3 heterocycles. The van der Waals surface area contributed by atoms with Crippen LogP contribution in [0.25, 0.3) is 11.3 Å². The van der Waals surface area contributed by atoms with E-state index in [1.54, 1.807) is 50.9 Å². The summed E-state index contributed by atoms with van der Waals surface area (Å²) in [6, 6.07) is 15.9. The van der Waals surface area contributed by atoms with Crippen molar-refractivity contribution >= 4 is 15.8 Å². The number of ether oxygens (including phenoxy) is 2. The Balaban J connectivity index is 1.52. The van der Waals surface area contributed by atoms with E-state index in [0.29, 0.717) is 23.1 Å². The average Bonchev–Trinajstić information content (AvgIpc) is 3.52. The Labute approximate surface area is 191 Å². The minimum atomic E-state index is -3.84. The number of rotatable bonds is 6. The van der Waals surface area contributed by atoms with Gasteiger partial charge >= 0.3 is 0 Å². The topological polar surface area (TPSA) is 94.8 Å². The van der Waals surface area contributed by atoms with Crippen LogP contribution in [0.4, 0.5) is 5.82 Å². The quantitative estimate of drug-likeness (QED) is 0.425. The predicted molar refractivity (Wildman–Crippen MR) is 122 cm³/mol. The summed E-state index contributed by atoms with van der Waals surface area (Å²) in [5, 5.41) is 0. The lowest BCUT2D eigenvalue weighted by Crippen LogP contribution is -2.30. The molecule has 1 aliphatic rings. The first-order valence-electron chi connectivity index (χ1n) is 10.2. The smallest absolute Gasteiger partial charge is 0.265 e. The molecule has 0 spiro atoms. The van der Waals surface area contributed by atoms with Gasteiger partial charge in [-0.05, 0) is 48.0 Å². The van der Waals surface area contributed by atoms with Crippen molar-refractivity contribution in [3.63, 3.8) is 0 Å². The van der Waals surface area contributed by atoms with Crippen LogP contribution in [0.3, 0.4) is 0 Å². The number of fused-ring (bicyclic) bond motifs is 1. The van der Waals surface area contributed by atoms with Crippen molar-refractivity contribution in [1.29, 1.82) is 0 Å². The van der Waals surface area contributed by atoms with Gasteiger partial charge in [0.2, 0.25) is 0 Å². The molecule has 0 saturated carbocycles. The molecule has 8 nitrogen and oxygen atoms in total. The highest BCUT2D eigenvalue weighted by atomic mass is 32.2. The average molecular weight is 464 g/mol. The second-order valence-corrected chi connectivity index (χ2v) is 9.37. The molecule has 0 bridgehead atoms. The van der Waals surface area contributed by atoms with Crippen LogP contribution in [-0.2, 0) is 10.0 Å². The Morgan fingerprint density at radius 1 is 1.03 bits per heavy atom. The van der Waals surface area contributed by atoms with Crippen LogP contribution in [0.1, 0.15) is 17.0 Å². The summed E-state index contributed by atoms with van der Waals surface area (Å²) < 4.78 is 44.6. The molecular formula is C24H21N3O5S. The van der Waals surface area contributed by atoms with E-state index in [9.17, 15) is 8.42 Å². The molecular weight excluding hydrogens is 442 g/mol. The van der Waals surface area contributed by atoms with Crippen molar-refractivity contribution in [1.82, 2.24) is 9.97 Å². The van der Waals surface area contributed by atoms with E-state index in [2.05, 4.69) is 9.97 Å². The largest absolute Gasteiger partial charge is 0.493 e. The summed E-state index contributed by atoms with van der Waals surface area (Å²) in [5.74, 6) is 2.00. The molecule has 0 amide bonds. The third-order valence-electron chi connectivity index (χ3n) is 5.75. The minimum Gasteiger partial charge on any atom is -0.493 e. The molecule has 0 saturated heterocycles. The summed E-state index contributed by atoms with van der Waals surface area (Å²) in [6.45, 7) is 0.230. The highest BCUT2D eigenvalue weighted by Crippen LogP contribution is 2.43. The van der Waals surface area contributed by atoms with Gasteiger partial charge in [-0.3, -0.25) is 0 Å². The van der Waals surface area contributed by atoms with Gasteiger partial charge in [-0.15, -0.1) is 0 Å². The zero-order valence-electron chi connectivity index (χ0n) is 18.0. The Kier molecular flexibility index (Phi) is 5.26. The zero-order chi connectivity index (χ0) is 23.0. The molecule has 2 aromatic heterocycles. The van der Waals surface area contributed by atoms with Crippen molar-refractivity contribution in [3.8, 4) is 22.8 Å². The Morgan fingerprint density at radius 2 is 1.82 bits per heavy atom. The number of oxazole rings is 1. The molecule has 0 fully saturated rings. The standard InChI is InChI=1S/C24H21N3O5S/c1-30-21-10-7-17(12-22(21)31-2)20-14-27(24-19(20)4-3-11-26-24)33(28,29)18-8-5-16(6-9-18)23-13-25-15-32-23/h3-13,15,20H,14H2,1-2H3. The van der Waals surface area contributed by atoms with Gasteiger partial charge < -0.3 is 13.9 Å². The molecule has 0 aliphatic carbocycles. The van der Waals surface area contributed by atoms with Crippen molar-refractivity contribution in [2.24, 2.45) is 0 Å². The molecule has 9 heteroatoms. The summed E-state index contributed by atoms with van der Waals surface area (Å²) in [5.41, 5.74) is 2.50. The summed E-state index contributed by atoms with van der Waals surface area (Å²) in [4.78, 5) is 8.49. The maximum absolute atomic E-state index is 13.6. The van der Waals surface area contributed by atoms with Gasteiger partial charge in [0.15, 0.2) is 23.7 Å². The first-order valence-corrected chi connectivity index (χ1v) is 11.7. The predicted octanol–water partition coefficient (Wildman–Crippen LogP) is 4.09. The number of nitrogens with zero attached hydrogens (tertiary/aromatic N) is 3. The monoisotopic (exact) mass is 463 g/mol. The van der Waals surface area contributed by atoms with Crippen LogP contribution in [-0.4, -0.2) is 39.2 Å². The van der Waals surface area contributed by atoms with Crippen molar-refractivity contribution in [2.75, 3.05) is 25.1 Å². The van der Waals surface area contributed by atoms with Crippen molar-refractivity contribution in [3.05, 3.63) is 84.5 Å². The maximum Gasteiger partial charge on any atom is 0.265 e. The van der Waals surface area contributed by atoms with Gasteiger partial charge in [-0.25, -0.2) is 22.7 Å². The number of pyridine rings is 1. The lowest BCUT2D eigenvalue weighted by atomic mass is 9.94.